The molecule has 0 aliphatic rings. The Labute approximate surface area is 106 Å². The molecule has 0 aromatic carbocycles. The Morgan fingerprint density at radius 2 is 2.25 bits per heavy atom. The number of ether oxygens (including phenoxy) is 1. The Bertz CT molecular complexity index is 302. The summed E-state index contributed by atoms with van der Waals surface area (Å²) in [5.41, 5.74) is 1.08. The van der Waals surface area contributed by atoms with Gasteiger partial charge in [0.2, 0.25) is 0 Å². The minimum absolute atomic E-state index is 0.195. The van der Waals surface area contributed by atoms with Gasteiger partial charge in [-0.1, -0.05) is 0 Å². The van der Waals surface area contributed by atoms with Crippen LogP contribution in [0.1, 0.15) is 19.5 Å². The number of nitrogens with zero attached hydrogens (tertiary/aromatic N) is 1. The van der Waals surface area contributed by atoms with Crippen LogP contribution in [-0.2, 0) is 11.2 Å². The van der Waals surface area contributed by atoms with Crippen LogP contribution in [-0.4, -0.2) is 30.8 Å². The molecule has 0 fully saturated rings. The summed E-state index contributed by atoms with van der Waals surface area (Å²) in [4.78, 5) is 4.37. The molecule has 0 saturated carbocycles. The molecule has 2 unspecified atom stereocenters. The fourth-order valence-corrected chi connectivity index (χ4v) is 1.87. The van der Waals surface area contributed by atoms with Crippen molar-refractivity contribution in [3.05, 3.63) is 28.5 Å². The maximum atomic E-state index is 5.59. The number of halogens is 1. The first-order valence-electron chi connectivity index (χ1n) is 5.56. The summed E-state index contributed by atoms with van der Waals surface area (Å²) < 4.78 is 6.60. The van der Waals surface area contributed by atoms with Crippen molar-refractivity contribution in [1.82, 2.24) is 10.3 Å². The van der Waals surface area contributed by atoms with E-state index in [4.69, 9.17) is 4.74 Å². The molecule has 1 aromatic rings. The van der Waals surface area contributed by atoms with Crippen molar-refractivity contribution >= 4 is 15.9 Å². The lowest BCUT2D eigenvalue weighted by atomic mass is 10.1. The highest BCUT2D eigenvalue weighted by Crippen LogP contribution is 2.10. The van der Waals surface area contributed by atoms with Gasteiger partial charge in [-0.15, -0.1) is 0 Å². The van der Waals surface area contributed by atoms with E-state index in [0.717, 1.165) is 23.2 Å². The molecular weight excluding hydrogens is 268 g/mol. The van der Waals surface area contributed by atoms with Gasteiger partial charge in [-0.2, -0.15) is 0 Å². The zero-order valence-electron chi connectivity index (χ0n) is 10.0. The van der Waals surface area contributed by atoms with Gasteiger partial charge in [-0.25, -0.2) is 0 Å². The van der Waals surface area contributed by atoms with Gasteiger partial charge in [-0.05, 0) is 49.0 Å². The molecule has 0 radical (unpaired) electrons. The van der Waals surface area contributed by atoms with Gasteiger partial charge in [0.25, 0.3) is 0 Å². The fourth-order valence-electron chi connectivity index (χ4n) is 1.63. The van der Waals surface area contributed by atoms with Crippen LogP contribution in [0.5, 0.6) is 0 Å². The molecule has 16 heavy (non-hydrogen) atoms. The van der Waals surface area contributed by atoms with Gasteiger partial charge in [-0.3, -0.25) is 4.98 Å². The first-order valence-corrected chi connectivity index (χ1v) is 6.36. The highest BCUT2D eigenvalue weighted by Gasteiger charge is 2.16. The summed E-state index contributed by atoms with van der Waals surface area (Å²) in [6.07, 6.45) is 2.90. The number of hydrogen-bond donors (Lipinski definition) is 1. The van der Waals surface area contributed by atoms with E-state index in [1.165, 1.54) is 0 Å². The highest BCUT2D eigenvalue weighted by molar-refractivity contribution is 9.10. The van der Waals surface area contributed by atoms with Crippen LogP contribution in [0.4, 0.5) is 0 Å². The number of pyridine rings is 1. The van der Waals surface area contributed by atoms with E-state index in [1.807, 2.05) is 32.3 Å². The van der Waals surface area contributed by atoms with E-state index in [-0.39, 0.29) is 6.10 Å². The average molecular weight is 287 g/mol. The summed E-state index contributed by atoms with van der Waals surface area (Å²) in [5.74, 6) is 0. The van der Waals surface area contributed by atoms with Crippen LogP contribution in [0.25, 0.3) is 0 Å². The number of rotatable bonds is 6. The zero-order valence-corrected chi connectivity index (χ0v) is 11.6. The number of aromatic nitrogens is 1. The molecule has 0 saturated heterocycles. The molecule has 4 heteroatoms. The maximum absolute atomic E-state index is 5.59. The van der Waals surface area contributed by atoms with Crippen LogP contribution in [0.15, 0.2) is 22.8 Å². The Kier molecular flexibility index (Phi) is 5.95. The smallest absolute Gasteiger partial charge is 0.0703 e. The first-order chi connectivity index (χ1) is 7.67. The minimum Gasteiger partial charge on any atom is -0.377 e. The van der Waals surface area contributed by atoms with Gasteiger partial charge in [0, 0.05) is 35.4 Å². The molecule has 0 amide bonds. The van der Waals surface area contributed by atoms with E-state index in [9.17, 15) is 0 Å². The van der Waals surface area contributed by atoms with E-state index in [2.05, 4.69) is 33.2 Å². The van der Waals surface area contributed by atoms with Gasteiger partial charge >= 0.3 is 0 Å². The SMILES string of the molecule is CCOC(C)C(Cc1ccc(Br)cn1)NC. The van der Waals surface area contributed by atoms with E-state index in [1.54, 1.807) is 0 Å². The average Bonchev–Trinajstić information content (AvgIpc) is 2.28. The molecule has 90 valence electrons. The van der Waals surface area contributed by atoms with Gasteiger partial charge in [0.05, 0.1) is 6.10 Å². The van der Waals surface area contributed by atoms with Crippen molar-refractivity contribution in [3.8, 4) is 0 Å². The van der Waals surface area contributed by atoms with Crippen LogP contribution < -0.4 is 5.32 Å². The Morgan fingerprint density at radius 3 is 2.75 bits per heavy atom. The molecule has 1 rings (SSSR count). The lowest BCUT2D eigenvalue weighted by Gasteiger charge is -2.23. The van der Waals surface area contributed by atoms with Crippen molar-refractivity contribution in [2.45, 2.75) is 32.4 Å². The van der Waals surface area contributed by atoms with Crippen LogP contribution in [0.3, 0.4) is 0 Å². The third-order valence-electron chi connectivity index (χ3n) is 2.58. The summed E-state index contributed by atoms with van der Waals surface area (Å²) in [6, 6.07) is 4.35. The summed E-state index contributed by atoms with van der Waals surface area (Å²) in [6.45, 7) is 4.84. The quantitative estimate of drug-likeness (QED) is 0.872. The topological polar surface area (TPSA) is 34.1 Å². The van der Waals surface area contributed by atoms with Crippen molar-refractivity contribution in [1.29, 1.82) is 0 Å². The van der Waals surface area contributed by atoms with Crippen molar-refractivity contribution in [2.75, 3.05) is 13.7 Å². The number of nitrogens with one attached hydrogen (secondary N) is 1. The number of hydrogen-bond acceptors (Lipinski definition) is 3. The predicted octanol–water partition coefficient (Wildman–Crippen LogP) is 2.40. The van der Waals surface area contributed by atoms with Crippen molar-refractivity contribution in [2.24, 2.45) is 0 Å². The van der Waals surface area contributed by atoms with E-state index < -0.39 is 0 Å². The summed E-state index contributed by atoms with van der Waals surface area (Å²) in [5, 5.41) is 3.27. The van der Waals surface area contributed by atoms with Crippen molar-refractivity contribution in [3.63, 3.8) is 0 Å². The minimum atomic E-state index is 0.195. The molecule has 2 atom stereocenters. The van der Waals surface area contributed by atoms with Gasteiger partial charge in [0.15, 0.2) is 0 Å². The molecule has 1 heterocycles. The highest BCUT2D eigenvalue weighted by atomic mass is 79.9. The maximum Gasteiger partial charge on any atom is 0.0703 e. The summed E-state index contributed by atoms with van der Waals surface area (Å²) in [7, 11) is 1.96. The third kappa shape index (κ3) is 4.20. The molecule has 0 spiro atoms. The number of likely N-dealkylation sites (N-methyl/N-ethyl adjacent to an activating group) is 1. The molecule has 1 N–H and O–H groups in total. The second-order valence-corrected chi connectivity index (χ2v) is 4.64. The fraction of sp³-hybridized carbons (Fsp3) is 0.583. The molecule has 0 aliphatic carbocycles. The van der Waals surface area contributed by atoms with E-state index in [0.29, 0.717) is 6.04 Å². The second-order valence-electron chi connectivity index (χ2n) is 3.73. The van der Waals surface area contributed by atoms with Crippen LogP contribution in [0, 0.1) is 0 Å². The normalized spacial score (nSPS) is 14.8. The van der Waals surface area contributed by atoms with Gasteiger partial charge < -0.3 is 10.1 Å². The first kappa shape index (κ1) is 13.6. The third-order valence-corrected chi connectivity index (χ3v) is 3.05. The zero-order chi connectivity index (χ0) is 12.0. The Morgan fingerprint density at radius 1 is 1.50 bits per heavy atom. The molecule has 0 aliphatic heterocycles. The molecule has 3 nitrogen and oxygen atoms in total. The van der Waals surface area contributed by atoms with Gasteiger partial charge in [0.1, 0.15) is 0 Å². The summed E-state index contributed by atoms with van der Waals surface area (Å²) >= 11 is 3.38. The van der Waals surface area contributed by atoms with Crippen LogP contribution >= 0.6 is 15.9 Å². The lowest BCUT2D eigenvalue weighted by molar-refractivity contribution is 0.0494. The monoisotopic (exact) mass is 286 g/mol. The Hall–Kier alpha value is -0.450. The van der Waals surface area contributed by atoms with Crippen LogP contribution in [0.2, 0.25) is 0 Å². The molecule has 1 aromatic heterocycles. The largest absolute Gasteiger partial charge is 0.377 e. The van der Waals surface area contributed by atoms with E-state index >= 15 is 0 Å². The standard InChI is InChI=1S/C12H19BrN2O/c1-4-16-9(2)12(14-3)7-11-6-5-10(13)8-15-11/h5-6,8-9,12,14H,4,7H2,1-3H3. The second kappa shape index (κ2) is 6.99. The molecular formula is C12H19BrN2O. The lowest BCUT2D eigenvalue weighted by Crippen LogP contribution is -2.39. The molecule has 0 bridgehead atoms. The van der Waals surface area contributed by atoms with Crippen molar-refractivity contribution < 1.29 is 4.74 Å². The Balaban J connectivity index is 2.59. The predicted molar refractivity (Wildman–Crippen MR) is 69.6 cm³/mol.